The van der Waals surface area contributed by atoms with Gasteiger partial charge in [0.25, 0.3) is 5.91 Å². The fourth-order valence-electron chi connectivity index (χ4n) is 3.05. The first-order chi connectivity index (χ1) is 16.8. The molecule has 2 N–H and O–H groups in total. The summed E-state index contributed by atoms with van der Waals surface area (Å²) in [5.74, 6) is -0.939. The van der Waals surface area contributed by atoms with Gasteiger partial charge >= 0.3 is 6.18 Å². The largest absolute Gasteiger partial charge is 0.495 e. The van der Waals surface area contributed by atoms with Crippen LogP contribution < -0.4 is 25.1 Å². The van der Waals surface area contributed by atoms with Crippen LogP contribution in [0.4, 0.5) is 41.9 Å². The number of nitrogens with zero attached hydrogens (tertiary/aromatic N) is 3. The van der Waals surface area contributed by atoms with Gasteiger partial charge in [0, 0.05) is 22.8 Å². The molecule has 0 unspecified atom stereocenters. The summed E-state index contributed by atoms with van der Waals surface area (Å²) < 4.78 is 57.4. The monoisotopic (exact) mass is 539 g/mol. The second-order valence-corrected chi connectivity index (χ2v) is 11.4. The second kappa shape index (κ2) is 10.6. The molecule has 2 aromatic carbocycles. The lowest BCUT2D eigenvalue weighted by Crippen LogP contribution is -2.24. The third-order valence-electron chi connectivity index (χ3n) is 4.86. The Labute approximate surface area is 210 Å². The van der Waals surface area contributed by atoms with Crippen molar-refractivity contribution in [2.45, 2.75) is 6.18 Å². The Bertz CT molecular complexity index is 1330. The highest BCUT2D eigenvalue weighted by Gasteiger charge is 2.36. The zero-order valence-corrected chi connectivity index (χ0v) is 21.1. The fraction of sp³-hybridized carbons (Fsp3) is 0.174. The van der Waals surface area contributed by atoms with E-state index in [1.807, 2.05) is 0 Å². The number of methoxy groups -OCH3 is 1. The summed E-state index contributed by atoms with van der Waals surface area (Å²) in [5.41, 5.74) is -0.241. The van der Waals surface area contributed by atoms with Crippen LogP contribution in [0.15, 0.2) is 67.0 Å². The van der Waals surface area contributed by atoms with Crippen molar-refractivity contribution in [3.8, 4) is 5.75 Å². The normalized spacial score (nSPS) is 11.5. The van der Waals surface area contributed by atoms with E-state index >= 15 is 0 Å². The van der Waals surface area contributed by atoms with Gasteiger partial charge in [-0.25, -0.2) is 14.4 Å². The van der Waals surface area contributed by atoms with Crippen molar-refractivity contribution < 1.29 is 27.3 Å². The Morgan fingerprint density at radius 1 is 1.14 bits per heavy atom. The molecule has 1 amide bonds. The predicted molar refractivity (Wildman–Crippen MR) is 136 cm³/mol. The Morgan fingerprint density at radius 2 is 1.78 bits per heavy atom. The molecule has 0 bridgehead atoms. The van der Waals surface area contributed by atoms with Gasteiger partial charge in [-0.15, -0.1) is 0 Å². The van der Waals surface area contributed by atoms with Crippen LogP contribution in [0.1, 0.15) is 0 Å². The van der Waals surface area contributed by atoms with Crippen molar-refractivity contribution in [2.24, 2.45) is 0 Å². The summed E-state index contributed by atoms with van der Waals surface area (Å²) >= 11 is 6.49. The first-order valence-electron chi connectivity index (χ1n) is 10.3. The number of anilines is 5. The highest BCUT2D eigenvalue weighted by atomic mass is 35.5. The van der Waals surface area contributed by atoms with Crippen LogP contribution in [0.5, 0.6) is 5.75 Å². The number of rotatable bonds is 8. The van der Waals surface area contributed by atoms with E-state index in [1.54, 1.807) is 37.6 Å². The molecule has 0 aliphatic rings. The summed E-state index contributed by atoms with van der Waals surface area (Å²) in [7, 11) is -1.22. The van der Waals surface area contributed by atoms with Crippen LogP contribution >= 0.6 is 18.9 Å². The average molecular weight is 540 g/mol. The lowest BCUT2D eigenvalue weighted by Gasteiger charge is -2.21. The first-order valence-corrected chi connectivity index (χ1v) is 13.2. The quantitative estimate of drug-likeness (QED) is 0.211. The highest BCUT2D eigenvalue weighted by molar-refractivity contribution is 7.70. The lowest BCUT2D eigenvalue weighted by molar-refractivity contribution is -0.126. The molecule has 0 saturated carbocycles. The van der Waals surface area contributed by atoms with E-state index in [1.165, 1.54) is 42.1 Å². The molecule has 0 aliphatic heterocycles. The molecule has 0 spiro atoms. The number of halogens is 4. The molecule has 8 nitrogen and oxygen atoms in total. The standard InChI is InChI=1S/C23H22ClF3N5O3P/c1-14(23(25,26)27)21(33)30-15-9-10-19(35-2)17(11-15)31-22-28-12-16(13-29-22)32(24)18-7-5-6-8-20(18)36(3,4)34/h5-13H,1H2,2-4H3,(H,30,33)(H,28,29,31). The maximum absolute atomic E-state index is 12.7. The van der Waals surface area contributed by atoms with Crippen LogP contribution in [0.25, 0.3) is 0 Å². The van der Waals surface area contributed by atoms with E-state index in [4.69, 9.17) is 16.5 Å². The molecule has 0 fully saturated rings. The third-order valence-corrected chi connectivity index (χ3v) is 6.77. The fourth-order valence-corrected chi connectivity index (χ4v) is 4.52. The van der Waals surface area contributed by atoms with Crippen molar-refractivity contribution in [1.82, 2.24) is 9.97 Å². The molecule has 0 radical (unpaired) electrons. The molecule has 3 rings (SSSR count). The van der Waals surface area contributed by atoms with E-state index in [-0.39, 0.29) is 17.3 Å². The molecule has 190 valence electrons. The average Bonchev–Trinajstić information content (AvgIpc) is 2.82. The van der Waals surface area contributed by atoms with Gasteiger partial charge in [-0.1, -0.05) is 18.7 Å². The summed E-state index contributed by atoms with van der Waals surface area (Å²) in [6.07, 6.45) is -1.99. The van der Waals surface area contributed by atoms with Crippen molar-refractivity contribution in [1.29, 1.82) is 0 Å². The van der Waals surface area contributed by atoms with Gasteiger partial charge in [-0.3, -0.25) is 4.79 Å². The topological polar surface area (TPSA) is 96.5 Å². The summed E-state index contributed by atoms with van der Waals surface area (Å²) in [6.45, 7) is 6.06. The molecular weight excluding hydrogens is 518 g/mol. The van der Waals surface area contributed by atoms with Crippen LogP contribution in [0.2, 0.25) is 0 Å². The number of ether oxygens (including phenoxy) is 1. The van der Waals surface area contributed by atoms with E-state index in [0.717, 1.165) is 0 Å². The number of para-hydroxylation sites is 1. The number of nitrogens with one attached hydrogen (secondary N) is 2. The number of amides is 1. The van der Waals surface area contributed by atoms with Gasteiger partial charge in [0.05, 0.1) is 36.6 Å². The Kier molecular flexibility index (Phi) is 7.96. The molecule has 1 heterocycles. The highest BCUT2D eigenvalue weighted by Crippen LogP contribution is 2.40. The summed E-state index contributed by atoms with van der Waals surface area (Å²) in [4.78, 5) is 20.3. The van der Waals surface area contributed by atoms with E-state index in [2.05, 4.69) is 27.2 Å². The number of benzene rings is 2. The SMILES string of the molecule is C=C(C(=O)Nc1ccc(OC)c(Nc2ncc(N(Cl)c3ccccc3P(C)(C)=O)cn2)c1)C(F)(F)F. The van der Waals surface area contributed by atoms with Gasteiger partial charge in [-0.2, -0.15) is 13.2 Å². The number of carbonyl (C=O) groups excluding carboxylic acids is 1. The first kappa shape index (κ1) is 27.0. The van der Waals surface area contributed by atoms with Gasteiger partial charge in [0.15, 0.2) is 0 Å². The smallest absolute Gasteiger partial charge is 0.421 e. The summed E-state index contributed by atoms with van der Waals surface area (Å²) in [5, 5.41) is 5.63. The van der Waals surface area contributed by atoms with Gasteiger partial charge in [-0.05, 0) is 43.7 Å². The van der Waals surface area contributed by atoms with Crippen LogP contribution in [-0.2, 0) is 9.36 Å². The molecular formula is C23H22ClF3N5O3P. The molecule has 36 heavy (non-hydrogen) atoms. The number of alkyl halides is 3. The van der Waals surface area contributed by atoms with Gasteiger partial charge < -0.3 is 19.9 Å². The second-order valence-electron chi connectivity index (χ2n) is 7.86. The van der Waals surface area contributed by atoms with E-state index < -0.39 is 24.8 Å². The molecule has 0 aliphatic carbocycles. The number of hydrogen-bond acceptors (Lipinski definition) is 7. The Morgan fingerprint density at radius 3 is 2.36 bits per heavy atom. The molecule has 1 aromatic heterocycles. The number of aromatic nitrogens is 2. The minimum Gasteiger partial charge on any atom is -0.495 e. The predicted octanol–water partition coefficient (Wildman–Crippen LogP) is 5.83. The lowest BCUT2D eigenvalue weighted by atomic mass is 10.2. The maximum Gasteiger partial charge on any atom is 0.421 e. The van der Waals surface area contributed by atoms with Gasteiger partial charge in [0.2, 0.25) is 5.95 Å². The summed E-state index contributed by atoms with van der Waals surface area (Å²) in [6, 6.07) is 11.2. The minimum atomic E-state index is -4.85. The van der Waals surface area contributed by atoms with Crippen LogP contribution in [-0.4, -0.2) is 42.5 Å². The van der Waals surface area contributed by atoms with Crippen LogP contribution in [0, 0.1) is 0 Å². The van der Waals surface area contributed by atoms with Crippen molar-refractivity contribution in [3.05, 3.63) is 67.0 Å². The van der Waals surface area contributed by atoms with E-state index in [9.17, 15) is 22.5 Å². The Balaban J connectivity index is 1.82. The van der Waals surface area contributed by atoms with Crippen molar-refractivity contribution >= 4 is 58.8 Å². The molecule has 13 heteroatoms. The molecule has 3 aromatic rings. The van der Waals surface area contributed by atoms with Crippen LogP contribution in [0.3, 0.4) is 0 Å². The van der Waals surface area contributed by atoms with Crippen molar-refractivity contribution in [2.75, 3.05) is 35.5 Å². The Hall–Kier alpha value is -3.56. The zero-order valence-electron chi connectivity index (χ0n) is 19.4. The number of carbonyl (C=O) groups is 1. The maximum atomic E-state index is 12.7. The molecule has 0 saturated heterocycles. The van der Waals surface area contributed by atoms with Crippen molar-refractivity contribution in [3.63, 3.8) is 0 Å². The zero-order chi connectivity index (χ0) is 26.7. The van der Waals surface area contributed by atoms with E-state index in [0.29, 0.717) is 22.4 Å². The number of hydrogen-bond donors (Lipinski definition) is 2. The minimum absolute atomic E-state index is 0.0671. The third kappa shape index (κ3) is 6.35. The van der Waals surface area contributed by atoms with Gasteiger partial charge in [0.1, 0.15) is 18.5 Å². The molecule has 0 atom stereocenters.